The van der Waals surface area contributed by atoms with Crippen molar-refractivity contribution >= 4 is 40.1 Å². The predicted octanol–water partition coefficient (Wildman–Crippen LogP) is 2.24. The average Bonchev–Trinajstić information content (AvgIpc) is 2.16. The van der Waals surface area contributed by atoms with E-state index in [9.17, 15) is 4.79 Å². The number of hydrogen-bond donors (Lipinski definition) is 1. The van der Waals surface area contributed by atoms with E-state index in [0.29, 0.717) is 17.1 Å². The Bertz CT molecular complexity index is 382. The number of halogens is 2. The molecule has 1 aromatic carbocycles. The predicted molar refractivity (Wildman–Crippen MR) is 75.1 cm³/mol. The summed E-state index contributed by atoms with van der Waals surface area (Å²) in [7, 11) is 3.92. The van der Waals surface area contributed by atoms with E-state index >= 15 is 0 Å². The van der Waals surface area contributed by atoms with E-state index in [2.05, 4.69) is 27.9 Å². The molecular formula is C11H14ClIN2O. The van der Waals surface area contributed by atoms with Crippen molar-refractivity contribution < 1.29 is 4.79 Å². The van der Waals surface area contributed by atoms with Gasteiger partial charge in [-0.25, -0.2) is 0 Å². The number of nitrogens with zero attached hydrogens (tertiary/aromatic N) is 1. The molecule has 0 aromatic heterocycles. The Kier molecular flexibility index (Phi) is 5.51. The first-order valence-electron chi connectivity index (χ1n) is 4.88. The third-order valence-corrected chi connectivity index (χ3v) is 3.00. The van der Waals surface area contributed by atoms with Crippen LogP contribution in [0.2, 0.25) is 5.02 Å². The zero-order valence-electron chi connectivity index (χ0n) is 9.26. The Morgan fingerprint density at radius 2 is 2.19 bits per heavy atom. The summed E-state index contributed by atoms with van der Waals surface area (Å²) >= 11 is 8.15. The molecule has 5 heteroatoms. The quantitative estimate of drug-likeness (QED) is 0.843. The van der Waals surface area contributed by atoms with Gasteiger partial charge in [-0.05, 0) is 54.9 Å². The van der Waals surface area contributed by atoms with Crippen molar-refractivity contribution in [3.63, 3.8) is 0 Å². The molecule has 0 saturated carbocycles. The first-order valence-corrected chi connectivity index (χ1v) is 6.34. The normalized spacial score (nSPS) is 10.6. The highest BCUT2D eigenvalue weighted by atomic mass is 127. The molecule has 0 aliphatic rings. The molecule has 0 heterocycles. The second-order valence-electron chi connectivity index (χ2n) is 3.68. The minimum absolute atomic E-state index is 0.122. The van der Waals surface area contributed by atoms with Gasteiger partial charge in [-0.15, -0.1) is 0 Å². The highest BCUT2D eigenvalue weighted by molar-refractivity contribution is 14.1. The molecule has 1 N–H and O–H groups in total. The van der Waals surface area contributed by atoms with Crippen molar-refractivity contribution in [1.82, 2.24) is 10.2 Å². The van der Waals surface area contributed by atoms with Gasteiger partial charge in [0.05, 0.1) is 10.6 Å². The van der Waals surface area contributed by atoms with Crippen molar-refractivity contribution in [2.75, 3.05) is 27.2 Å². The largest absolute Gasteiger partial charge is 0.351 e. The molecule has 0 aliphatic carbocycles. The summed E-state index contributed by atoms with van der Waals surface area (Å²) in [6.07, 6.45) is 0. The average molecular weight is 353 g/mol. The van der Waals surface area contributed by atoms with Gasteiger partial charge in [0.2, 0.25) is 0 Å². The van der Waals surface area contributed by atoms with Crippen molar-refractivity contribution in [1.29, 1.82) is 0 Å². The number of hydrogen-bond acceptors (Lipinski definition) is 2. The maximum absolute atomic E-state index is 11.7. The molecule has 0 atom stereocenters. The molecule has 1 aromatic rings. The van der Waals surface area contributed by atoms with Gasteiger partial charge in [0.1, 0.15) is 0 Å². The molecule has 0 fully saturated rings. The summed E-state index contributed by atoms with van der Waals surface area (Å²) in [4.78, 5) is 13.8. The Hall–Kier alpha value is -0.330. The summed E-state index contributed by atoms with van der Waals surface area (Å²) in [5.74, 6) is -0.122. The fourth-order valence-electron chi connectivity index (χ4n) is 1.16. The minimum atomic E-state index is -0.122. The number of carbonyl (C=O) groups excluding carboxylic acids is 1. The van der Waals surface area contributed by atoms with E-state index in [1.165, 1.54) is 0 Å². The summed E-state index contributed by atoms with van der Waals surface area (Å²) in [5.41, 5.74) is 0.529. The molecule has 16 heavy (non-hydrogen) atoms. The molecule has 0 aliphatic heterocycles. The van der Waals surface area contributed by atoms with Gasteiger partial charge in [-0.3, -0.25) is 4.79 Å². The lowest BCUT2D eigenvalue weighted by Crippen LogP contribution is -2.31. The van der Waals surface area contributed by atoms with Crippen LogP contribution in [-0.2, 0) is 0 Å². The van der Waals surface area contributed by atoms with Gasteiger partial charge in [0, 0.05) is 16.7 Å². The van der Waals surface area contributed by atoms with E-state index in [4.69, 9.17) is 11.6 Å². The highest BCUT2D eigenvalue weighted by Crippen LogP contribution is 2.18. The van der Waals surface area contributed by atoms with Crippen LogP contribution in [0.3, 0.4) is 0 Å². The van der Waals surface area contributed by atoms with Crippen molar-refractivity contribution in [3.8, 4) is 0 Å². The summed E-state index contributed by atoms with van der Waals surface area (Å²) in [6.45, 7) is 1.43. The van der Waals surface area contributed by atoms with Gasteiger partial charge in [-0.2, -0.15) is 0 Å². The van der Waals surface area contributed by atoms with Gasteiger partial charge in [0.25, 0.3) is 5.91 Å². The van der Waals surface area contributed by atoms with Crippen LogP contribution in [0.4, 0.5) is 0 Å². The van der Waals surface area contributed by atoms with E-state index in [1.807, 2.05) is 25.1 Å². The Morgan fingerprint density at radius 1 is 1.50 bits per heavy atom. The Morgan fingerprint density at radius 3 is 2.75 bits per heavy atom. The lowest BCUT2D eigenvalue weighted by Gasteiger charge is -2.11. The second-order valence-corrected chi connectivity index (χ2v) is 5.34. The molecular weight excluding hydrogens is 338 g/mol. The number of rotatable bonds is 4. The zero-order chi connectivity index (χ0) is 12.1. The van der Waals surface area contributed by atoms with Crippen molar-refractivity contribution in [2.45, 2.75) is 0 Å². The fraction of sp³-hybridized carbons (Fsp3) is 0.364. The van der Waals surface area contributed by atoms with Gasteiger partial charge >= 0.3 is 0 Å². The number of carbonyl (C=O) groups is 1. The highest BCUT2D eigenvalue weighted by Gasteiger charge is 2.09. The third kappa shape index (κ3) is 4.27. The van der Waals surface area contributed by atoms with Crippen LogP contribution in [0.15, 0.2) is 18.2 Å². The van der Waals surface area contributed by atoms with Crippen LogP contribution in [0, 0.1) is 3.57 Å². The maximum Gasteiger partial charge on any atom is 0.252 e. The summed E-state index contributed by atoms with van der Waals surface area (Å²) in [6, 6.07) is 5.39. The van der Waals surface area contributed by atoms with Crippen LogP contribution >= 0.6 is 34.2 Å². The van der Waals surface area contributed by atoms with Gasteiger partial charge in [-0.1, -0.05) is 11.6 Å². The zero-order valence-corrected chi connectivity index (χ0v) is 12.2. The first kappa shape index (κ1) is 13.7. The molecule has 0 bridgehead atoms. The van der Waals surface area contributed by atoms with Crippen molar-refractivity contribution in [2.24, 2.45) is 0 Å². The summed E-state index contributed by atoms with van der Waals surface area (Å²) < 4.78 is 1.02. The maximum atomic E-state index is 11.7. The molecule has 0 radical (unpaired) electrons. The third-order valence-electron chi connectivity index (χ3n) is 2.02. The standard InChI is InChI=1S/C11H14ClIN2O/c1-15(2)6-5-14-11(16)9-4-3-8(13)7-10(9)12/h3-4,7H,5-6H2,1-2H3,(H,14,16). The van der Waals surface area contributed by atoms with Crippen LogP contribution < -0.4 is 5.32 Å². The van der Waals surface area contributed by atoms with Crippen LogP contribution in [-0.4, -0.2) is 38.0 Å². The molecule has 0 unspecified atom stereocenters. The monoisotopic (exact) mass is 352 g/mol. The number of amides is 1. The smallest absolute Gasteiger partial charge is 0.252 e. The molecule has 88 valence electrons. The van der Waals surface area contributed by atoms with Crippen LogP contribution in [0.5, 0.6) is 0 Å². The SMILES string of the molecule is CN(C)CCNC(=O)c1ccc(I)cc1Cl. The molecule has 3 nitrogen and oxygen atoms in total. The van der Waals surface area contributed by atoms with E-state index in [1.54, 1.807) is 12.1 Å². The molecule has 0 spiro atoms. The number of nitrogens with one attached hydrogen (secondary N) is 1. The number of likely N-dealkylation sites (N-methyl/N-ethyl adjacent to an activating group) is 1. The fourth-order valence-corrected chi connectivity index (χ4v) is 2.10. The summed E-state index contributed by atoms with van der Waals surface area (Å²) in [5, 5.41) is 3.32. The lowest BCUT2D eigenvalue weighted by atomic mass is 10.2. The first-order chi connectivity index (χ1) is 7.50. The van der Waals surface area contributed by atoms with Gasteiger partial charge < -0.3 is 10.2 Å². The van der Waals surface area contributed by atoms with Crippen molar-refractivity contribution in [3.05, 3.63) is 32.4 Å². The topological polar surface area (TPSA) is 32.3 Å². The van der Waals surface area contributed by atoms with Crippen LogP contribution in [0.1, 0.15) is 10.4 Å². The second kappa shape index (κ2) is 6.42. The van der Waals surface area contributed by atoms with Crippen LogP contribution in [0.25, 0.3) is 0 Å². The lowest BCUT2D eigenvalue weighted by molar-refractivity contribution is 0.0951. The van der Waals surface area contributed by atoms with E-state index in [0.717, 1.165) is 10.1 Å². The van der Waals surface area contributed by atoms with E-state index < -0.39 is 0 Å². The Labute approximate surface area is 114 Å². The van der Waals surface area contributed by atoms with Gasteiger partial charge in [0.15, 0.2) is 0 Å². The Balaban J connectivity index is 2.59. The molecule has 1 amide bonds. The minimum Gasteiger partial charge on any atom is -0.351 e. The van der Waals surface area contributed by atoms with E-state index in [-0.39, 0.29) is 5.91 Å². The molecule has 1 rings (SSSR count). The molecule has 0 saturated heterocycles. The number of benzene rings is 1.